The van der Waals surface area contributed by atoms with Crippen LogP contribution in [0.25, 0.3) is 0 Å². The molecule has 0 saturated carbocycles. The van der Waals surface area contributed by atoms with E-state index in [-0.39, 0.29) is 0 Å². The van der Waals surface area contributed by atoms with Crippen molar-refractivity contribution in [3.8, 4) is 0 Å². The number of rotatable bonds is 2. The summed E-state index contributed by atoms with van der Waals surface area (Å²) in [4.78, 5) is 0. The summed E-state index contributed by atoms with van der Waals surface area (Å²) in [6, 6.07) is 0. The molecule has 2 heterocycles. The molecule has 2 rings (SSSR count). The Morgan fingerprint density at radius 3 is 1.69 bits per heavy atom. The van der Waals surface area contributed by atoms with Crippen LogP contribution >= 0.6 is 0 Å². The van der Waals surface area contributed by atoms with Gasteiger partial charge in [-0.3, -0.25) is 0 Å². The summed E-state index contributed by atoms with van der Waals surface area (Å²) in [5.41, 5.74) is 0. The molecular formula is C4H8N8Si. The van der Waals surface area contributed by atoms with Crippen LogP contribution in [-0.4, -0.2) is 48.1 Å². The van der Waals surface area contributed by atoms with Crippen LogP contribution in [-0.2, 0) is 0 Å². The minimum absolute atomic E-state index is 1.58. The van der Waals surface area contributed by atoms with Crippen LogP contribution < -0.4 is 0 Å². The summed E-state index contributed by atoms with van der Waals surface area (Å²) < 4.78 is 3.42. The van der Waals surface area contributed by atoms with Gasteiger partial charge >= 0.3 is 8.40 Å². The van der Waals surface area contributed by atoms with Gasteiger partial charge in [0.05, 0.1) is 0 Å². The van der Waals surface area contributed by atoms with E-state index in [9.17, 15) is 0 Å². The largest absolute Gasteiger partial charge is 0.312 e. The summed E-state index contributed by atoms with van der Waals surface area (Å²) in [6.07, 6.45) is 3.15. The van der Waals surface area contributed by atoms with Gasteiger partial charge in [-0.1, -0.05) is 10.4 Å². The molecule has 0 fully saturated rings. The summed E-state index contributed by atoms with van der Waals surface area (Å²) >= 11 is 0. The van der Waals surface area contributed by atoms with Gasteiger partial charge in [0.25, 0.3) is 0 Å². The normalized spacial score (nSPS) is 11.8. The summed E-state index contributed by atoms with van der Waals surface area (Å²) in [5.74, 6) is 0. The SMILES string of the molecule is C[Si](C)(n1cnnn1)n1cnnn1. The molecule has 0 N–H and O–H groups in total. The Bertz CT molecular complexity index is 327. The zero-order valence-corrected chi connectivity index (χ0v) is 8.23. The molecule has 9 heteroatoms. The lowest BCUT2D eigenvalue weighted by Gasteiger charge is -2.18. The van der Waals surface area contributed by atoms with Gasteiger partial charge in [-0.25, -0.2) is 8.69 Å². The Hall–Kier alpha value is -1.64. The van der Waals surface area contributed by atoms with E-state index in [4.69, 9.17) is 0 Å². The van der Waals surface area contributed by atoms with Crippen LogP contribution in [0.3, 0.4) is 0 Å². The second-order valence-corrected chi connectivity index (χ2v) is 6.91. The maximum absolute atomic E-state index is 3.84. The highest BCUT2D eigenvalue weighted by atomic mass is 28.3. The third kappa shape index (κ3) is 1.22. The highest BCUT2D eigenvalue weighted by Crippen LogP contribution is 2.03. The highest BCUT2D eigenvalue weighted by molar-refractivity contribution is 6.73. The minimum Gasteiger partial charge on any atom is -0.240 e. The van der Waals surface area contributed by atoms with Crippen LogP contribution in [0, 0.1) is 0 Å². The summed E-state index contributed by atoms with van der Waals surface area (Å²) in [6.45, 7) is 4.08. The van der Waals surface area contributed by atoms with Crippen molar-refractivity contribution in [2.24, 2.45) is 0 Å². The molecule has 0 aliphatic carbocycles. The predicted molar refractivity (Wildman–Crippen MR) is 43.9 cm³/mol. The van der Waals surface area contributed by atoms with E-state index in [2.05, 4.69) is 31.1 Å². The molecule has 8 nitrogen and oxygen atoms in total. The lowest BCUT2D eigenvalue weighted by molar-refractivity contribution is 0.748. The third-order valence-electron chi connectivity index (χ3n) is 1.82. The standard InChI is InChI=1S/C4H8N8Si/c1-13(2,11-3-5-7-9-11)12-4-6-8-10-12/h3-4H,1-2H3. The van der Waals surface area contributed by atoms with Gasteiger partial charge in [0.2, 0.25) is 0 Å². The molecule has 0 aromatic carbocycles. The maximum Gasteiger partial charge on any atom is 0.312 e. The molecule has 13 heavy (non-hydrogen) atoms. The summed E-state index contributed by atoms with van der Waals surface area (Å²) in [5, 5.41) is 22.0. The first-order valence-corrected chi connectivity index (χ1v) is 6.57. The summed E-state index contributed by atoms with van der Waals surface area (Å²) in [7, 11) is -1.99. The quantitative estimate of drug-likeness (QED) is 0.558. The topological polar surface area (TPSA) is 87.2 Å². The first-order chi connectivity index (χ1) is 6.21. The van der Waals surface area contributed by atoms with Crippen molar-refractivity contribution >= 4 is 8.40 Å². The molecular weight excluding hydrogens is 188 g/mol. The number of hydrogen-bond donors (Lipinski definition) is 0. The van der Waals surface area contributed by atoms with Crippen LogP contribution in [0.4, 0.5) is 0 Å². The molecule has 0 unspecified atom stereocenters. The van der Waals surface area contributed by atoms with Gasteiger partial charge in [-0.2, -0.15) is 0 Å². The zero-order chi connectivity index (χ0) is 9.31. The Morgan fingerprint density at radius 2 is 1.38 bits per heavy atom. The van der Waals surface area contributed by atoms with Gasteiger partial charge in [-0.15, -0.1) is 10.2 Å². The van der Waals surface area contributed by atoms with E-state index in [0.29, 0.717) is 0 Å². The van der Waals surface area contributed by atoms with E-state index in [1.807, 2.05) is 13.1 Å². The fourth-order valence-corrected chi connectivity index (χ4v) is 2.33. The predicted octanol–water partition coefficient (Wildman–Crippen LogP) is -1.24. The van der Waals surface area contributed by atoms with Crippen LogP contribution in [0.2, 0.25) is 13.1 Å². The van der Waals surface area contributed by atoms with Gasteiger partial charge < -0.3 is 0 Å². The van der Waals surface area contributed by atoms with Crippen molar-refractivity contribution in [3.63, 3.8) is 0 Å². The van der Waals surface area contributed by atoms with Crippen LogP contribution in [0.5, 0.6) is 0 Å². The first kappa shape index (κ1) is 7.98. The lowest BCUT2D eigenvalue weighted by atomic mass is 11.4. The van der Waals surface area contributed by atoms with E-state index in [1.165, 1.54) is 0 Å². The Balaban J connectivity index is 2.42. The van der Waals surface area contributed by atoms with E-state index in [0.717, 1.165) is 0 Å². The fraction of sp³-hybridized carbons (Fsp3) is 0.500. The number of hydrogen-bond acceptors (Lipinski definition) is 6. The number of nitrogens with zero attached hydrogens (tertiary/aromatic N) is 8. The minimum atomic E-state index is -1.99. The number of tetrazole rings is 2. The smallest absolute Gasteiger partial charge is 0.240 e. The molecule has 2 aromatic rings. The van der Waals surface area contributed by atoms with Gasteiger partial charge in [-0.05, 0) is 23.5 Å². The van der Waals surface area contributed by atoms with E-state index in [1.54, 1.807) is 21.3 Å². The van der Waals surface area contributed by atoms with E-state index < -0.39 is 8.40 Å². The average Bonchev–Trinajstić information content (AvgIpc) is 2.78. The van der Waals surface area contributed by atoms with Crippen LogP contribution in [0.15, 0.2) is 12.7 Å². The molecule has 0 amide bonds. The molecule has 0 aliphatic rings. The molecule has 0 spiro atoms. The van der Waals surface area contributed by atoms with Crippen molar-refractivity contribution < 1.29 is 0 Å². The third-order valence-corrected chi connectivity index (χ3v) is 4.47. The molecule has 0 aliphatic heterocycles. The Morgan fingerprint density at radius 1 is 0.923 bits per heavy atom. The molecule has 0 saturated heterocycles. The molecule has 0 bridgehead atoms. The van der Waals surface area contributed by atoms with Gasteiger partial charge in [0, 0.05) is 0 Å². The molecule has 0 atom stereocenters. The van der Waals surface area contributed by atoms with E-state index >= 15 is 0 Å². The van der Waals surface area contributed by atoms with Gasteiger partial charge in [0.15, 0.2) is 0 Å². The lowest BCUT2D eigenvalue weighted by Crippen LogP contribution is -2.46. The number of aromatic nitrogens is 8. The monoisotopic (exact) mass is 196 g/mol. The van der Waals surface area contributed by atoms with Gasteiger partial charge in [0.1, 0.15) is 12.7 Å². The molecule has 2 aromatic heterocycles. The first-order valence-electron chi connectivity index (χ1n) is 3.68. The Labute approximate surface area is 74.7 Å². The molecule has 68 valence electrons. The van der Waals surface area contributed by atoms with Crippen molar-refractivity contribution in [3.05, 3.63) is 12.7 Å². The van der Waals surface area contributed by atoms with Crippen molar-refractivity contribution in [1.82, 2.24) is 39.7 Å². The fourth-order valence-electron chi connectivity index (χ4n) is 0.929. The zero-order valence-electron chi connectivity index (χ0n) is 7.23. The van der Waals surface area contributed by atoms with Crippen LogP contribution in [0.1, 0.15) is 0 Å². The second kappa shape index (κ2) is 2.69. The Kier molecular flexibility index (Phi) is 1.65. The maximum atomic E-state index is 3.84. The molecule has 0 radical (unpaired) electrons. The average molecular weight is 196 g/mol. The highest BCUT2D eigenvalue weighted by Gasteiger charge is 2.29. The van der Waals surface area contributed by atoms with Crippen molar-refractivity contribution in [2.45, 2.75) is 13.1 Å². The second-order valence-electron chi connectivity index (χ2n) is 3.00. The van der Waals surface area contributed by atoms with Crippen molar-refractivity contribution in [2.75, 3.05) is 0 Å². The van der Waals surface area contributed by atoms with Crippen molar-refractivity contribution in [1.29, 1.82) is 0 Å².